The van der Waals surface area contributed by atoms with Crippen molar-refractivity contribution >= 4 is 45.7 Å². The molecule has 0 spiro atoms. The summed E-state index contributed by atoms with van der Waals surface area (Å²) in [6.45, 7) is 7.13. The molecule has 2 aliphatic heterocycles. The molecule has 2 aliphatic rings. The third-order valence-electron chi connectivity index (χ3n) is 7.64. The molecule has 1 aromatic carbocycles. The van der Waals surface area contributed by atoms with Gasteiger partial charge in [-0.15, -0.1) is 11.3 Å². The molecule has 0 aliphatic carbocycles. The highest BCUT2D eigenvalue weighted by atomic mass is 35.5. The van der Waals surface area contributed by atoms with Crippen LogP contribution >= 0.6 is 22.9 Å². The Bertz CT molecular complexity index is 1550. The number of hydrogen-bond acceptors (Lipinski definition) is 8. The second kappa shape index (κ2) is 11.0. The quantitative estimate of drug-likeness (QED) is 0.340. The smallest absolute Gasteiger partial charge is 0.272 e. The molecular weight excluding hydrogens is 552 g/mol. The zero-order valence-corrected chi connectivity index (χ0v) is 23.9. The van der Waals surface area contributed by atoms with E-state index in [0.717, 1.165) is 30.8 Å². The molecule has 0 unspecified atom stereocenters. The summed E-state index contributed by atoms with van der Waals surface area (Å²) in [5, 5.41) is 22.3. The molecule has 2 amide bonds. The maximum Gasteiger partial charge on any atom is 0.272 e. The number of amides is 2. The molecule has 0 saturated carbocycles. The molecule has 0 radical (unpaired) electrons. The minimum atomic E-state index is -0.489. The summed E-state index contributed by atoms with van der Waals surface area (Å²) >= 11 is 7.48. The molecule has 5 heterocycles. The number of aliphatic hydroxyl groups excluding tert-OH is 1. The Balaban J connectivity index is 1.28. The normalized spacial score (nSPS) is 17.1. The first-order chi connectivity index (χ1) is 19.2. The molecule has 0 atom stereocenters. The van der Waals surface area contributed by atoms with Crippen LogP contribution < -0.4 is 5.32 Å². The van der Waals surface area contributed by atoms with Crippen LogP contribution in [-0.2, 0) is 6.54 Å². The Kier molecular flexibility index (Phi) is 7.39. The number of aliphatic hydroxyl groups is 1. The van der Waals surface area contributed by atoms with Crippen LogP contribution in [0.25, 0.3) is 21.5 Å². The summed E-state index contributed by atoms with van der Waals surface area (Å²) < 4.78 is 7.92. The standard InChI is InChI=1S/C28H31ClN6O4S/c1-16(2)33-9-7-18(8-10-33)30-27(37)26-21-11-17(28(38)34-14-20(36)15-34)3-4-22(21)35(31-26)13-19-12-23(39-32-19)24-5-6-25(29)40-24/h3-6,11-12,16,18,20,36H,7-10,13-15H2,1-2H3,(H,30,37). The molecule has 2 saturated heterocycles. The van der Waals surface area contributed by atoms with Crippen molar-refractivity contribution in [3.05, 3.63) is 57.7 Å². The number of piperidine rings is 1. The van der Waals surface area contributed by atoms with E-state index < -0.39 is 6.10 Å². The number of aromatic nitrogens is 3. The average Bonchev–Trinajstić information content (AvgIpc) is 3.65. The lowest BCUT2D eigenvalue weighted by Gasteiger charge is -2.35. The van der Waals surface area contributed by atoms with Gasteiger partial charge in [0.15, 0.2) is 11.5 Å². The first-order valence-corrected chi connectivity index (χ1v) is 14.7. The number of fused-ring (bicyclic) bond motifs is 1. The topological polar surface area (TPSA) is 117 Å². The van der Waals surface area contributed by atoms with Crippen LogP contribution in [0.15, 0.2) is 40.9 Å². The van der Waals surface area contributed by atoms with Gasteiger partial charge in [-0.3, -0.25) is 14.3 Å². The van der Waals surface area contributed by atoms with Crippen LogP contribution in [0.4, 0.5) is 0 Å². The Labute approximate surface area is 240 Å². The van der Waals surface area contributed by atoms with Crippen LogP contribution in [0.3, 0.4) is 0 Å². The third-order valence-corrected chi connectivity index (χ3v) is 8.89. The molecule has 2 fully saturated rings. The number of benzene rings is 1. The van der Waals surface area contributed by atoms with E-state index in [-0.39, 0.29) is 30.1 Å². The summed E-state index contributed by atoms with van der Waals surface area (Å²) in [6.07, 6.45) is 1.26. The monoisotopic (exact) mass is 582 g/mol. The lowest BCUT2D eigenvalue weighted by atomic mass is 10.0. The molecule has 10 nitrogen and oxygen atoms in total. The zero-order chi connectivity index (χ0) is 28.0. The van der Waals surface area contributed by atoms with Crippen molar-refractivity contribution < 1.29 is 19.2 Å². The predicted octanol–water partition coefficient (Wildman–Crippen LogP) is 3.87. The Morgan fingerprint density at radius 3 is 2.62 bits per heavy atom. The summed E-state index contributed by atoms with van der Waals surface area (Å²) in [5.41, 5.74) is 2.08. The van der Waals surface area contributed by atoms with E-state index in [4.69, 9.17) is 21.2 Å². The highest BCUT2D eigenvalue weighted by Crippen LogP contribution is 2.32. The number of likely N-dealkylation sites (tertiary alicyclic amines) is 2. The van der Waals surface area contributed by atoms with Gasteiger partial charge in [0.25, 0.3) is 11.8 Å². The summed E-state index contributed by atoms with van der Waals surface area (Å²) in [5.74, 6) is 0.173. The minimum Gasteiger partial charge on any atom is -0.389 e. The fourth-order valence-corrected chi connectivity index (χ4v) is 6.31. The van der Waals surface area contributed by atoms with Gasteiger partial charge in [-0.25, -0.2) is 0 Å². The van der Waals surface area contributed by atoms with Gasteiger partial charge in [0.05, 0.1) is 27.4 Å². The molecule has 2 N–H and O–H groups in total. The third kappa shape index (κ3) is 5.38. The predicted molar refractivity (Wildman–Crippen MR) is 153 cm³/mol. The average molecular weight is 583 g/mol. The number of halogens is 1. The van der Waals surface area contributed by atoms with Gasteiger partial charge < -0.3 is 24.7 Å². The van der Waals surface area contributed by atoms with E-state index >= 15 is 0 Å². The highest BCUT2D eigenvalue weighted by Gasteiger charge is 2.31. The fourth-order valence-electron chi connectivity index (χ4n) is 5.32. The fraction of sp³-hybridized carbons (Fsp3) is 0.429. The van der Waals surface area contributed by atoms with Crippen molar-refractivity contribution in [1.82, 2.24) is 30.1 Å². The van der Waals surface area contributed by atoms with Crippen LogP contribution in [0.1, 0.15) is 53.2 Å². The molecule has 4 aromatic rings. The maximum absolute atomic E-state index is 13.6. The number of carbonyl (C=O) groups is 2. The van der Waals surface area contributed by atoms with E-state index in [1.165, 1.54) is 11.3 Å². The molecule has 210 valence electrons. The van der Waals surface area contributed by atoms with E-state index in [1.54, 1.807) is 21.7 Å². The molecule has 12 heteroatoms. The van der Waals surface area contributed by atoms with E-state index in [9.17, 15) is 14.7 Å². The van der Waals surface area contributed by atoms with Crippen molar-refractivity contribution in [3.63, 3.8) is 0 Å². The summed E-state index contributed by atoms with van der Waals surface area (Å²) in [7, 11) is 0. The Hall–Kier alpha value is -3.25. The van der Waals surface area contributed by atoms with Crippen molar-refractivity contribution in [3.8, 4) is 10.6 Å². The van der Waals surface area contributed by atoms with E-state index in [2.05, 4.69) is 29.2 Å². The lowest BCUT2D eigenvalue weighted by molar-refractivity contribution is 0.00590. The number of β-amino-alcohol motifs (C(OH)–C–C–N with tert-alkyl or cyclic N) is 1. The molecule has 40 heavy (non-hydrogen) atoms. The van der Waals surface area contributed by atoms with Gasteiger partial charge in [0.2, 0.25) is 0 Å². The number of rotatable bonds is 7. The number of nitrogens with one attached hydrogen (secondary N) is 1. The van der Waals surface area contributed by atoms with Crippen molar-refractivity contribution in [2.75, 3.05) is 26.2 Å². The molecule has 0 bridgehead atoms. The second-order valence-electron chi connectivity index (χ2n) is 10.8. The first kappa shape index (κ1) is 26.9. The van der Waals surface area contributed by atoms with Gasteiger partial charge >= 0.3 is 0 Å². The Morgan fingerprint density at radius 2 is 1.95 bits per heavy atom. The largest absolute Gasteiger partial charge is 0.389 e. The van der Waals surface area contributed by atoms with Crippen molar-refractivity contribution in [2.24, 2.45) is 0 Å². The van der Waals surface area contributed by atoms with Crippen LogP contribution in [0.5, 0.6) is 0 Å². The van der Waals surface area contributed by atoms with E-state index in [1.807, 2.05) is 24.3 Å². The minimum absolute atomic E-state index is 0.0609. The second-order valence-corrected chi connectivity index (χ2v) is 12.5. The highest BCUT2D eigenvalue weighted by molar-refractivity contribution is 7.19. The Morgan fingerprint density at radius 1 is 1.18 bits per heavy atom. The number of carbonyl (C=O) groups excluding carboxylic acids is 2. The van der Waals surface area contributed by atoms with Gasteiger partial charge in [-0.05, 0) is 57.0 Å². The van der Waals surface area contributed by atoms with Crippen LogP contribution in [0, 0.1) is 0 Å². The zero-order valence-electron chi connectivity index (χ0n) is 22.3. The van der Waals surface area contributed by atoms with Gasteiger partial charge in [-0.2, -0.15) is 5.10 Å². The van der Waals surface area contributed by atoms with Crippen molar-refractivity contribution in [2.45, 2.75) is 51.4 Å². The van der Waals surface area contributed by atoms with Crippen molar-refractivity contribution in [1.29, 1.82) is 0 Å². The van der Waals surface area contributed by atoms with Crippen LogP contribution in [-0.4, -0.2) is 86.0 Å². The number of nitrogens with zero attached hydrogens (tertiary/aromatic N) is 5. The van der Waals surface area contributed by atoms with Gasteiger partial charge in [0.1, 0.15) is 5.69 Å². The van der Waals surface area contributed by atoms with Gasteiger partial charge in [0, 0.05) is 55.3 Å². The number of hydrogen-bond donors (Lipinski definition) is 2. The van der Waals surface area contributed by atoms with Crippen LogP contribution in [0.2, 0.25) is 4.34 Å². The van der Waals surface area contributed by atoms with Gasteiger partial charge in [-0.1, -0.05) is 16.8 Å². The molecular formula is C28H31ClN6O4S. The summed E-state index contributed by atoms with van der Waals surface area (Å²) in [6, 6.07) is 11.3. The molecule has 6 rings (SSSR count). The SMILES string of the molecule is CC(C)N1CCC(NC(=O)c2nn(Cc3cc(-c4ccc(Cl)s4)on3)c3ccc(C(=O)N4CC(O)C4)cc23)CC1. The lowest BCUT2D eigenvalue weighted by Crippen LogP contribution is -2.53. The summed E-state index contributed by atoms with van der Waals surface area (Å²) in [4.78, 5) is 31.4. The first-order valence-electron chi connectivity index (χ1n) is 13.5. The number of thiophene rings is 1. The van der Waals surface area contributed by atoms with E-state index in [0.29, 0.717) is 51.4 Å². The maximum atomic E-state index is 13.6. The molecule has 3 aromatic heterocycles.